The average Bonchev–Trinajstić information content (AvgIpc) is 2.55. The fraction of sp³-hybridized carbons (Fsp3) is 0.611. The van der Waals surface area contributed by atoms with Crippen molar-refractivity contribution in [3.05, 3.63) is 29.8 Å². The number of rotatable bonds is 5. The number of benzene rings is 1. The molecule has 0 bridgehead atoms. The van der Waals surface area contributed by atoms with E-state index in [4.69, 9.17) is 0 Å². The number of piperidine rings is 1. The molecule has 1 aliphatic heterocycles. The van der Waals surface area contributed by atoms with Crippen LogP contribution >= 0.6 is 0 Å². The van der Waals surface area contributed by atoms with Gasteiger partial charge in [-0.1, -0.05) is 24.6 Å². The Bertz CT molecular complexity index is 681. The Balaban J connectivity index is 2.12. The second kappa shape index (κ2) is 7.23. The average molecular weight is 353 g/mol. The van der Waals surface area contributed by atoms with Crippen LogP contribution in [0.4, 0.5) is 0 Å². The van der Waals surface area contributed by atoms with Crippen LogP contribution in [-0.4, -0.2) is 37.3 Å². The maximum absolute atomic E-state index is 12.8. The summed E-state index contributed by atoms with van der Waals surface area (Å²) in [5, 5.41) is 3.03. The van der Waals surface area contributed by atoms with Crippen molar-refractivity contribution in [3.8, 4) is 0 Å². The summed E-state index contributed by atoms with van der Waals surface area (Å²) < 4.78 is 27.1. The number of aryl methyl sites for hydroxylation is 1. The van der Waals surface area contributed by atoms with Crippen molar-refractivity contribution in [1.82, 2.24) is 9.62 Å². The summed E-state index contributed by atoms with van der Waals surface area (Å²) in [5.41, 5.74) is 0.751. The van der Waals surface area contributed by atoms with E-state index in [-0.39, 0.29) is 23.9 Å². The minimum Gasteiger partial charge on any atom is -0.351 e. The smallest absolute Gasteiger partial charge is 0.243 e. The van der Waals surface area contributed by atoms with E-state index in [0.717, 1.165) is 18.4 Å². The zero-order valence-electron chi connectivity index (χ0n) is 15.0. The predicted molar refractivity (Wildman–Crippen MR) is 95.2 cm³/mol. The number of amides is 1. The van der Waals surface area contributed by atoms with Crippen molar-refractivity contribution in [3.63, 3.8) is 0 Å². The van der Waals surface area contributed by atoms with Crippen molar-refractivity contribution in [2.45, 2.75) is 57.4 Å². The Labute approximate surface area is 145 Å². The van der Waals surface area contributed by atoms with Gasteiger partial charge in [0, 0.05) is 18.6 Å². The Morgan fingerprint density at radius 3 is 2.50 bits per heavy atom. The Morgan fingerprint density at radius 1 is 1.29 bits per heavy atom. The van der Waals surface area contributed by atoms with Gasteiger partial charge in [0.25, 0.3) is 0 Å². The molecule has 1 N–H and O–H groups in total. The molecule has 0 radical (unpaired) electrons. The number of nitrogens with one attached hydrogen (secondary N) is 1. The molecule has 134 valence electrons. The number of carbonyl (C=O) groups excluding carboxylic acids is 1. The molecular weight excluding hydrogens is 324 g/mol. The van der Waals surface area contributed by atoms with Crippen LogP contribution in [0.25, 0.3) is 0 Å². The highest BCUT2D eigenvalue weighted by atomic mass is 32.2. The third kappa shape index (κ3) is 4.36. The first-order chi connectivity index (χ1) is 11.2. The largest absolute Gasteiger partial charge is 0.351 e. The minimum absolute atomic E-state index is 0.0503. The fourth-order valence-electron chi connectivity index (χ4n) is 2.76. The van der Waals surface area contributed by atoms with Crippen LogP contribution in [0.15, 0.2) is 29.2 Å². The molecule has 0 unspecified atom stereocenters. The molecule has 1 atom stereocenters. The van der Waals surface area contributed by atoms with Gasteiger partial charge in [0.1, 0.15) is 0 Å². The highest BCUT2D eigenvalue weighted by Crippen LogP contribution is 2.24. The monoisotopic (exact) mass is 352 g/mol. The van der Waals surface area contributed by atoms with Crippen LogP contribution in [0, 0.1) is 12.8 Å². The van der Waals surface area contributed by atoms with Crippen molar-refractivity contribution < 1.29 is 13.2 Å². The third-order valence-corrected chi connectivity index (χ3v) is 6.64. The molecule has 24 heavy (non-hydrogen) atoms. The Hall–Kier alpha value is -1.40. The second-order valence-corrected chi connectivity index (χ2v) is 9.18. The van der Waals surface area contributed by atoms with Crippen LogP contribution in [0.3, 0.4) is 0 Å². The van der Waals surface area contributed by atoms with Gasteiger partial charge in [-0.2, -0.15) is 4.31 Å². The van der Waals surface area contributed by atoms with E-state index in [2.05, 4.69) is 5.32 Å². The standard InChI is InChI=1S/C18H28N2O3S/c1-5-18(3,4)19-17(21)15-7-6-12-20(13-15)24(22,23)16-10-8-14(2)9-11-16/h8-11,15H,5-7,12-13H2,1-4H3,(H,19,21)/t15-/m1/s1. The van der Waals surface area contributed by atoms with Crippen molar-refractivity contribution in [2.24, 2.45) is 5.92 Å². The van der Waals surface area contributed by atoms with E-state index in [1.54, 1.807) is 24.3 Å². The van der Waals surface area contributed by atoms with Crippen molar-refractivity contribution >= 4 is 15.9 Å². The molecule has 0 spiro atoms. The molecule has 1 fully saturated rings. The van der Waals surface area contributed by atoms with Gasteiger partial charge in [-0.3, -0.25) is 4.79 Å². The van der Waals surface area contributed by atoms with Gasteiger partial charge in [0.15, 0.2) is 0 Å². The molecule has 1 saturated heterocycles. The van der Waals surface area contributed by atoms with Crippen LogP contribution in [0.1, 0.15) is 45.6 Å². The molecule has 1 heterocycles. The van der Waals surface area contributed by atoms with Gasteiger partial charge in [-0.15, -0.1) is 0 Å². The van der Waals surface area contributed by atoms with E-state index >= 15 is 0 Å². The van der Waals surface area contributed by atoms with E-state index in [1.807, 2.05) is 27.7 Å². The Morgan fingerprint density at radius 2 is 1.92 bits per heavy atom. The summed E-state index contributed by atoms with van der Waals surface area (Å²) in [6.07, 6.45) is 2.26. The summed E-state index contributed by atoms with van der Waals surface area (Å²) >= 11 is 0. The van der Waals surface area contributed by atoms with E-state index in [0.29, 0.717) is 17.9 Å². The van der Waals surface area contributed by atoms with Gasteiger partial charge in [0.2, 0.25) is 15.9 Å². The topological polar surface area (TPSA) is 66.5 Å². The highest BCUT2D eigenvalue weighted by molar-refractivity contribution is 7.89. The van der Waals surface area contributed by atoms with Gasteiger partial charge in [-0.25, -0.2) is 8.42 Å². The third-order valence-electron chi connectivity index (χ3n) is 4.76. The molecule has 1 aromatic rings. The first-order valence-electron chi connectivity index (χ1n) is 8.54. The lowest BCUT2D eigenvalue weighted by Crippen LogP contribution is -2.50. The lowest BCUT2D eigenvalue weighted by Gasteiger charge is -2.33. The lowest BCUT2D eigenvalue weighted by atomic mass is 9.95. The molecule has 2 rings (SSSR count). The number of hydrogen-bond donors (Lipinski definition) is 1. The summed E-state index contributed by atoms with van der Waals surface area (Å²) in [4.78, 5) is 12.8. The van der Waals surface area contributed by atoms with Crippen LogP contribution in [0.5, 0.6) is 0 Å². The summed E-state index contributed by atoms with van der Waals surface area (Å²) in [5.74, 6) is -0.338. The van der Waals surface area contributed by atoms with Crippen LogP contribution in [0.2, 0.25) is 0 Å². The zero-order chi connectivity index (χ0) is 18.0. The van der Waals surface area contributed by atoms with E-state index in [1.165, 1.54) is 4.31 Å². The minimum atomic E-state index is -3.54. The molecule has 0 aromatic heterocycles. The zero-order valence-corrected chi connectivity index (χ0v) is 15.8. The lowest BCUT2D eigenvalue weighted by molar-refractivity contribution is -0.127. The molecule has 5 nitrogen and oxygen atoms in total. The number of hydrogen-bond acceptors (Lipinski definition) is 3. The maximum atomic E-state index is 12.8. The molecular formula is C18H28N2O3S. The van der Waals surface area contributed by atoms with Crippen molar-refractivity contribution in [1.29, 1.82) is 0 Å². The maximum Gasteiger partial charge on any atom is 0.243 e. The van der Waals surface area contributed by atoms with E-state index < -0.39 is 10.0 Å². The molecule has 1 aromatic carbocycles. The van der Waals surface area contributed by atoms with E-state index in [9.17, 15) is 13.2 Å². The quantitative estimate of drug-likeness (QED) is 0.886. The van der Waals surface area contributed by atoms with Crippen molar-refractivity contribution in [2.75, 3.05) is 13.1 Å². The van der Waals surface area contributed by atoms with Crippen LogP contribution in [-0.2, 0) is 14.8 Å². The number of sulfonamides is 1. The van der Waals surface area contributed by atoms with Gasteiger partial charge < -0.3 is 5.32 Å². The molecule has 0 saturated carbocycles. The Kier molecular flexibility index (Phi) is 5.71. The van der Waals surface area contributed by atoms with Gasteiger partial charge >= 0.3 is 0 Å². The van der Waals surface area contributed by atoms with Crippen LogP contribution < -0.4 is 5.32 Å². The number of nitrogens with zero attached hydrogens (tertiary/aromatic N) is 1. The SMILES string of the molecule is CCC(C)(C)NC(=O)[C@@H]1CCCN(S(=O)(=O)c2ccc(C)cc2)C1. The number of carbonyl (C=O) groups is 1. The summed E-state index contributed by atoms with van der Waals surface area (Å²) in [7, 11) is -3.54. The predicted octanol–water partition coefficient (Wildman–Crippen LogP) is 2.70. The normalized spacial score (nSPS) is 19.9. The first kappa shape index (κ1) is 18.9. The van der Waals surface area contributed by atoms with Gasteiger partial charge in [-0.05, 0) is 52.2 Å². The molecule has 0 aliphatic carbocycles. The first-order valence-corrected chi connectivity index (χ1v) is 9.98. The molecule has 1 aliphatic rings. The second-order valence-electron chi connectivity index (χ2n) is 7.24. The summed E-state index contributed by atoms with van der Waals surface area (Å²) in [6, 6.07) is 6.86. The molecule has 1 amide bonds. The molecule has 6 heteroatoms. The van der Waals surface area contributed by atoms with Gasteiger partial charge in [0.05, 0.1) is 10.8 Å². The summed E-state index contributed by atoms with van der Waals surface area (Å²) in [6.45, 7) is 8.63. The fourth-order valence-corrected chi connectivity index (χ4v) is 4.28. The highest BCUT2D eigenvalue weighted by Gasteiger charge is 2.34.